The molecule has 1 saturated carbocycles. The zero-order valence-electron chi connectivity index (χ0n) is 12.0. The normalized spacial score (nSPS) is 19.6. The standard InChI is InChI=1S/C13H28N2O2S/c1-12(2)14-9-6-10-18(16,17)15-11-13(3)7-4-5-8-13/h12,14-15H,4-11H2,1-3H3. The summed E-state index contributed by atoms with van der Waals surface area (Å²) in [6.45, 7) is 7.67. The highest BCUT2D eigenvalue weighted by molar-refractivity contribution is 7.89. The Morgan fingerprint density at radius 3 is 2.39 bits per heavy atom. The number of nitrogens with one attached hydrogen (secondary N) is 2. The second-order valence-corrected chi connectivity index (χ2v) is 8.05. The summed E-state index contributed by atoms with van der Waals surface area (Å²) in [5.74, 6) is 0.225. The summed E-state index contributed by atoms with van der Waals surface area (Å²) in [7, 11) is -3.10. The van der Waals surface area contributed by atoms with Gasteiger partial charge in [-0.1, -0.05) is 33.6 Å². The van der Waals surface area contributed by atoms with Crippen LogP contribution in [0.4, 0.5) is 0 Å². The molecule has 4 nitrogen and oxygen atoms in total. The van der Waals surface area contributed by atoms with Crippen molar-refractivity contribution in [1.29, 1.82) is 0 Å². The van der Waals surface area contributed by atoms with Gasteiger partial charge in [-0.2, -0.15) is 0 Å². The van der Waals surface area contributed by atoms with E-state index in [2.05, 4.69) is 30.8 Å². The fourth-order valence-electron chi connectivity index (χ4n) is 2.41. The van der Waals surface area contributed by atoms with E-state index in [1.54, 1.807) is 0 Å². The predicted molar refractivity (Wildman–Crippen MR) is 76.1 cm³/mol. The summed E-state index contributed by atoms with van der Waals surface area (Å²) in [6, 6.07) is 0.415. The molecular weight excluding hydrogens is 248 g/mol. The number of rotatable bonds is 8. The van der Waals surface area contributed by atoms with Crippen molar-refractivity contribution < 1.29 is 8.42 Å². The minimum absolute atomic E-state index is 0.184. The fraction of sp³-hybridized carbons (Fsp3) is 1.00. The highest BCUT2D eigenvalue weighted by Gasteiger charge is 2.29. The molecule has 1 rings (SSSR count). The van der Waals surface area contributed by atoms with Gasteiger partial charge in [0.25, 0.3) is 0 Å². The smallest absolute Gasteiger partial charge is 0.211 e. The Morgan fingerprint density at radius 2 is 1.83 bits per heavy atom. The number of sulfonamides is 1. The molecule has 108 valence electrons. The van der Waals surface area contributed by atoms with Crippen LogP contribution >= 0.6 is 0 Å². The number of hydrogen-bond donors (Lipinski definition) is 2. The van der Waals surface area contributed by atoms with Crippen molar-refractivity contribution >= 4 is 10.0 Å². The van der Waals surface area contributed by atoms with Crippen LogP contribution < -0.4 is 10.0 Å². The molecule has 0 unspecified atom stereocenters. The Balaban J connectivity index is 2.23. The molecule has 0 aromatic carbocycles. The lowest BCUT2D eigenvalue weighted by molar-refractivity contribution is 0.336. The van der Waals surface area contributed by atoms with Gasteiger partial charge in [-0.15, -0.1) is 0 Å². The average molecular weight is 276 g/mol. The molecule has 1 fully saturated rings. The fourth-order valence-corrected chi connectivity index (χ4v) is 3.65. The molecule has 18 heavy (non-hydrogen) atoms. The van der Waals surface area contributed by atoms with Gasteiger partial charge in [0.2, 0.25) is 10.0 Å². The average Bonchev–Trinajstić information content (AvgIpc) is 2.70. The summed E-state index contributed by atoms with van der Waals surface area (Å²) in [4.78, 5) is 0. The first kappa shape index (κ1) is 15.9. The van der Waals surface area contributed by atoms with Crippen molar-refractivity contribution in [3.05, 3.63) is 0 Å². The summed E-state index contributed by atoms with van der Waals surface area (Å²) in [5.41, 5.74) is 0.184. The minimum atomic E-state index is -3.10. The monoisotopic (exact) mass is 276 g/mol. The van der Waals surface area contributed by atoms with Gasteiger partial charge in [0.1, 0.15) is 0 Å². The van der Waals surface area contributed by atoms with Crippen LogP contribution in [0.15, 0.2) is 0 Å². The molecule has 0 aromatic rings. The molecule has 0 bridgehead atoms. The Bertz CT molecular complexity index is 333. The molecule has 0 aromatic heterocycles. The molecule has 0 radical (unpaired) electrons. The van der Waals surface area contributed by atoms with E-state index in [9.17, 15) is 8.42 Å². The van der Waals surface area contributed by atoms with Gasteiger partial charge in [0.05, 0.1) is 5.75 Å². The van der Waals surface area contributed by atoms with Crippen molar-refractivity contribution in [1.82, 2.24) is 10.0 Å². The quantitative estimate of drug-likeness (QED) is 0.665. The molecule has 0 spiro atoms. The minimum Gasteiger partial charge on any atom is -0.314 e. The first-order valence-corrected chi connectivity index (χ1v) is 8.69. The molecule has 0 heterocycles. The van der Waals surface area contributed by atoms with Gasteiger partial charge < -0.3 is 5.32 Å². The molecular formula is C13H28N2O2S. The lowest BCUT2D eigenvalue weighted by Gasteiger charge is -2.23. The summed E-state index contributed by atoms with van der Waals surface area (Å²) >= 11 is 0. The van der Waals surface area contributed by atoms with Crippen molar-refractivity contribution in [2.75, 3.05) is 18.8 Å². The van der Waals surface area contributed by atoms with Crippen LogP contribution in [0.5, 0.6) is 0 Å². The second-order valence-electron chi connectivity index (χ2n) is 6.12. The first-order chi connectivity index (χ1) is 8.33. The van der Waals surface area contributed by atoms with E-state index in [1.165, 1.54) is 12.8 Å². The van der Waals surface area contributed by atoms with Crippen LogP contribution in [0.1, 0.15) is 52.9 Å². The van der Waals surface area contributed by atoms with Gasteiger partial charge in [-0.3, -0.25) is 0 Å². The third-order valence-corrected chi connectivity index (χ3v) is 5.08. The van der Waals surface area contributed by atoms with E-state index in [0.29, 0.717) is 19.0 Å². The van der Waals surface area contributed by atoms with Crippen LogP contribution in [0.3, 0.4) is 0 Å². The Hall–Kier alpha value is -0.130. The lowest BCUT2D eigenvalue weighted by Crippen LogP contribution is -2.36. The molecule has 1 aliphatic carbocycles. The maximum absolute atomic E-state index is 11.8. The molecule has 0 atom stereocenters. The Labute approximate surface area is 112 Å². The van der Waals surface area contributed by atoms with E-state index in [-0.39, 0.29) is 11.2 Å². The topological polar surface area (TPSA) is 58.2 Å². The molecule has 0 saturated heterocycles. The van der Waals surface area contributed by atoms with Gasteiger partial charge in [-0.25, -0.2) is 13.1 Å². The van der Waals surface area contributed by atoms with Gasteiger partial charge in [0.15, 0.2) is 0 Å². The van der Waals surface area contributed by atoms with Crippen molar-refractivity contribution in [2.24, 2.45) is 5.41 Å². The zero-order valence-corrected chi connectivity index (χ0v) is 12.8. The van der Waals surface area contributed by atoms with Gasteiger partial charge in [-0.05, 0) is 31.2 Å². The van der Waals surface area contributed by atoms with E-state index in [0.717, 1.165) is 19.4 Å². The maximum Gasteiger partial charge on any atom is 0.211 e. The van der Waals surface area contributed by atoms with E-state index < -0.39 is 10.0 Å². The number of hydrogen-bond acceptors (Lipinski definition) is 3. The lowest BCUT2D eigenvalue weighted by atomic mass is 9.89. The molecule has 0 amide bonds. The van der Waals surface area contributed by atoms with Crippen molar-refractivity contribution in [2.45, 2.75) is 58.9 Å². The SMILES string of the molecule is CC(C)NCCCS(=O)(=O)NCC1(C)CCCC1. The third-order valence-electron chi connectivity index (χ3n) is 3.67. The molecule has 1 aliphatic rings. The van der Waals surface area contributed by atoms with Gasteiger partial charge in [0, 0.05) is 12.6 Å². The highest BCUT2D eigenvalue weighted by Crippen LogP contribution is 2.36. The van der Waals surface area contributed by atoms with Gasteiger partial charge >= 0.3 is 0 Å². The van der Waals surface area contributed by atoms with E-state index >= 15 is 0 Å². The molecule has 0 aliphatic heterocycles. The second kappa shape index (κ2) is 6.87. The Morgan fingerprint density at radius 1 is 1.22 bits per heavy atom. The van der Waals surface area contributed by atoms with Crippen LogP contribution in [0.2, 0.25) is 0 Å². The Kier molecular flexibility index (Phi) is 6.08. The van der Waals surface area contributed by atoms with Crippen LogP contribution in [0.25, 0.3) is 0 Å². The van der Waals surface area contributed by atoms with Crippen LogP contribution in [-0.4, -0.2) is 33.3 Å². The van der Waals surface area contributed by atoms with Crippen LogP contribution in [0, 0.1) is 5.41 Å². The zero-order chi connectivity index (χ0) is 13.6. The summed E-state index contributed by atoms with van der Waals surface area (Å²) in [5, 5.41) is 3.23. The maximum atomic E-state index is 11.8. The van der Waals surface area contributed by atoms with E-state index in [4.69, 9.17) is 0 Å². The van der Waals surface area contributed by atoms with Crippen molar-refractivity contribution in [3.8, 4) is 0 Å². The van der Waals surface area contributed by atoms with Crippen molar-refractivity contribution in [3.63, 3.8) is 0 Å². The molecule has 5 heteroatoms. The first-order valence-electron chi connectivity index (χ1n) is 7.04. The predicted octanol–water partition coefficient (Wildman–Crippen LogP) is 1.87. The summed E-state index contributed by atoms with van der Waals surface area (Å²) < 4.78 is 26.4. The van der Waals surface area contributed by atoms with E-state index in [1.807, 2.05) is 0 Å². The highest BCUT2D eigenvalue weighted by atomic mass is 32.2. The molecule has 2 N–H and O–H groups in total. The van der Waals surface area contributed by atoms with Crippen LogP contribution in [-0.2, 0) is 10.0 Å². The summed E-state index contributed by atoms with van der Waals surface area (Å²) in [6.07, 6.45) is 5.42. The largest absolute Gasteiger partial charge is 0.314 e. The third kappa shape index (κ3) is 6.16.